The highest BCUT2D eigenvalue weighted by molar-refractivity contribution is 6.03. The van der Waals surface area contributed by atoms with Crippen LogP contribution in [0.1, 0.15) is 71.1 Å². The minimum atomic E-state index is -0.514. The molecular weight excluding hydrogens is 616 g/mol. The lowest BCUT2D eigenvalue weighted by Crippen LogP contribution is -2.29. The van der Waals surface area contributed by atoms with Gasteiger partial charge in [0, 0.05) is 72.5 Å². The maximum Gasteiger partial charge on any atom is 0.323 e. The molecule has 0 saturated carbocycles. The molecule has 0 aliphatic rings. The fourth-order valence-corrected chi connectivity index (χ4v) is 5.55. The Balaban J connectivity index is 1.50. The molecule has 0 atom stereocenters. The van der Waals surface area contributed by atoms with Crippen molar-refractivity contribution in [2.24, 2.45) is 0 Å². The summed E-state index contributed by atoms with van der Waals surface area (Å²) in [6.45, 7) is 13.7. The zero-order chi connectivity index (χ0) is 35.0. The molecule has 0 fully saturated rings. The summed E-state index contributed by atoms with van der Waals surface area (Å²) in [5.41, 5.74) is 4.43. The van der Waals surface area contributed by atoms with Gasteiger partial charge >= 0.3 is 6.03 Å². The van der Waals surface area contributed by atoms with E-state index >= 15 is 0 Å². The van der Waals surface area contributed by atoms with Crippen molar-refractivity contribution in [1.82, 2.24) is 19.1 Å². The van der Waals surface area contributed by atoms with Gasteiger partial charge in [-0.2, -0.15) is 0 Å². The third-order valence-electron chi connectivity index (χ3n) is 7.96. The van der Waals surface area contributed by atoms with E-state index < -0.39 is 6.03 Å². The highest BCUT2D eigenvalue weighted by atomic mass is 16.5. The van der Waals surface area contributed by atoms with Crippen LogP contribution in [-0.4, -0.2) is 31.2 Å². The predicted molar refractivity (Wildman–Crippen MR) is 194 cm³/mol. The van der Waals surface area contributed by atoms with E-state index in [4.69, 9.17) is 9.47 Å². The Labute approximate surface area is 288 Å². The topological polar surface area (TPSA) is 112 Å². The van der Waals surface area contributed by atoms with Crippen LogP contribution >= 0.6 is 0 Å². The van der Waals surface area contributed by atoms with E-state index in [0.717, 1.165) is 29.5 Å². The first kappa shape index (κ1) is 34.9. The number of rotatable bonds is 13. The van der Waals surface area contributed by atoms with Crippen LogP contribution in [0.4, 0.5) is 16.2 Å². The number of ether oxygens (including phenoxy) is 2. The molecule has 3 aromatic heterocycles. The second kappa shape index (κ2) is 15.7. The average molecular weight is 663 g/mol. The van der Waals surface area contributed by atoms with Crippen LogP contribution in [0.15, 0.2) is 96.7 Å². The number of hydrogen-bond donors (Lipinski definition) is 2. The highest BCUT2D eigenvalue weighted by Crippen LogP contribution is 2.37. The Hall–Kier alpha value is -5.38. The van der Waals surface area contributed by atoms with Crippen LogP contribution in [0, 0.1) is 0 Å². The number of amides is 2. The third-order valence-corrected chi connectivity index (χ3v) is 7.96. The molecule has 2 amide bonds. The first-order chi connectivity index (χ1) is 23.5. The lowest BCUT2D eigenvalue weighted by Gasteiger charge is -2.24. The Morgan fingerprint density at radius 2 is 1.78 bits per heavy atom. The van der Waals surface area contributed by atoms with E-state index in [1.807, 2.05) is 73.1 Å². The molecule has 5 rings (SSSR count). The Kier molecular flexibility index (Phi) is 11.2. The van der Waals surface area contributed by atoms with E-state index in [9.17, 15) is 9.59 Å². The highest BCUT2D eigenvalue weighted by Gasteiger charge is 2.22. The normalized spacial score (nSPS) is 11.4. The number of hydrogen-bond acceptors (Lipinski definition) is 6. The number of pyridine rings is 2. The lowest BCUT2D eigenvalue weighted by atomic mass is 9.85. The number of aryl methyl sites for hydroxylation is 1. The van der Waals surface area contributed by atoms with Gasteiger partial charge in [-0.05, 0) is 67.1 Å². The molecular formula is C39H46N6O4. The van der Waals surface area contributed by atoms with Crippen LogP contribution in [0.3, 0.4) is 0 Å². The number of urea groups is 1. The van der Waals surface area contributed by atoms with Gasteiger partial charge in [0.1, 0.15) is 23.8 Å². The molecule has 2 N–H and O–H groups in total. The summed E-state index contributed by atoms with van der Waals surface area (Å²) in [7, 11) is 0. The Morgan fingerprint density at radius 3 is 2.47 bits per heavy atom. The number of unbranched alkanes of at least 4 members (excludes halogenated alkanes) is 1. The van der Waals surface area contributed by atoms with Gasteiger partial charge in [-0.25, -0.2) is 9.78 Å². The van der Waals surface area contributed by atoms with Gasteiger partial charge in [0.25, 0.3) is 5.56 Å². The maximum atomic E-state index is 14.0. The van der Waals surface area contributed by atoms with Crippen molar-refractivity contribution in [2.45, 2.75) is 85.6 Å². The van der Waals surface area contributed by atoms with Crippen molar-refractivity contribution in [3.8, 4) is 22.6 Å². The summed E-state index contributed by atoms with van der Waals surface area (Å²) in [6, 6.07) is 16.8. The molecule has 0 aliphatic carbocycles. The summed E-state index contributed by atoms with van der Waals surface area (Å²) in [4.78, 5) is 36.2. The molecule has 2 aromatic carbocycles. The third kappa shape index (κ3) is 9.16. The molecule has 0 aliphatic heterocycles. The zero-order valence-corrected chi connectivity index (χ0v) is 29.2. The molecule has 0 radical (unpaired) electrons. The minimum Gasteiger partial charge on any atom is -0.490 e. The van der Waals surface area contributed by atoms with Crippen molar-refractivity contribution in [2.75, 3.05) is 10.6 Å². The van der Waals surface area contributed by atoms with Gasteiger partial charge in [-0.15, -0.1) is 0 Å². The fraction of sp³-hybridized carbons (Fsp3) is 0.333. The molecule has 0 spiro atoms. The van der Waals surface area contributed by atoms with Crippen LogP contribution in [0.5, 0.6) is 11.5 Å². The number of carbonyl (C=O) groups excluding carboxylic acids is 1. The van der Waals surface area contributed by atoms with E-state index in [1.165, 1.54) is 0 Å². The molecule has 10 heteroatoms. The minimum absolute atomic E-state index is 0.151. The standard InChI is InChI=1S/C39H46N6O4/c1-7-8-18-45-19-15-32(31-13-12-30(22-35(31)49-27(2)3)48-25-29-10-9-16-40-23-29)36(37(45)46)43-38(47)42-34-21-28(24-44-20-17-41-26-44)11-14-33(34)39(4,5)6/h9-17,19-23,26-27H,7-8,18,24-25H2,1-6H3,(H2,42,43,47). The van der Waals surface area contributed by atoms with Crippen LogP contribution in [0.25, 0.3) is 11.1 Å². The quantitative estimate of drug-likeness (QED) is 0.131. The van der Waals surface area contributed by atoms with Crippen molar-refractivity contribution >= 4 is 17.4 Å². The monoisotopic (exact) mass is 662 g/mol. The fourth-order valence-electron chi connectivity index (χ4n) is 5.55. The zero-order valence-electron chi connectivity index (χ0n) is 29.2. The number of imidazole rings is 1. The predicted octanol–water partition coefficient (Wildman–Crippen LogP) is 8.26. The van der Waals surface area contributed by atoms with Gasteiger partial charge in [-0.1, -0.05) is 52.3 Å². The number of nitrogens with one attached hydrogen (secondary N) is 2. The molecule has 0 saturated heterocycles. The summed E-state index contributed by atoms with van der Waals surface area (Å²) in [5.74, 6) is 1.15. The Morgan fingerprint density at radius 1 is 0.939 bits per heavy atom. The van der Waals surface area contributed by atoms with E-state index in [0.29, 0.717) is 48.0 Å². The number of benzene rings is 2. The van der Waals surface area contributed by atoms with E-state index in [2.05, 4.69) is 54.4 Å². The summed E-state index contributed by atoms with van der Waals surface area (Å²) in [6.07, 6.45) is 12.3. The molecule has 256 valence electrons. The van der Waals surface area contributed by atoms with E-state index in [1.54, 1.807) is 35.7 Å². The summed E-state index contributed by atoms with van der Waals surface area (Å²) >= 11 is 0. The van der Waals surface area contributed by atoms with Gasteiger partial charge in [0.05, 0.1) is 12.4 Å². The number of nitrogens with zero attached hydrogens (tertiary/aromatic N) is 4. The first-order valence-corrected chi connectivity index (χ1v) is 16.7. The molecule has 0 bridgehead atoms. The number of carbonyl (C=O) groups is 1. The largest absolute Gasteiger partial charge is 0.490 e. The van der Waals surface area contributed by atoms with Crippen molar-refractivity contribution in [3.05, 3.63) is 119 Å². The molecule has 10 nitrogen and oxygen atoms in total. The van der Waals surface area contributed by atoms with Crippen molar-refractivity contribution in [3.63, 3.8) is 0 Å². The number of anilines is 2. The van der Waals surface area contributed by atoms with Crippen LogP contribution < -0.4 is 25.7 Å². The van der Waals surface area contributed by atoms with Crippen molar-refractivity contribution in [1.29, 1.82) is 0 Å². The molecule has 0 unspecified atom stereocenters. The molecule has 5 aromatic rings. The lowest BCUT2D eigenvalue weighted by molar-refractivity contribution is 0.240. The smallest absolute Gasteiger partial charge is 0.323 e. The second-order valence-electron chi connectivity index (χ2n) is 13.4. The van der Waals surface area contributed by atoms with Crippen LogP contribution in [-0.2, 0) is 25.1 Å². The summed E-state index contributed by atoms with van der Waals surface area (Å²) in [5, 5.41) is 6.00. The number of aromatic nitrogens is 4. The second-order valence-corrected chi connectivity index (χ2v) is 13.4. The first-order valence-electron chi connectivity index (χ1n) is 16.7. The Bertz CT molecular complexity index is 1910. The van der Waals surface area contributed by atoms with E-state index in [-0.39, 0.29) is 22.8 Å². The van der Waals surface area contributed by atoms with Crippen molar-refractivity contribution < 1.29 is 14.3 Å². The van der Waals surface area contributed by atoms with Crippen LogP contribution in [0.2, 0.25) is 0 Å². The summed E-state index contributed by atoms with van der Waals surface area (Å²) < 4.78 is 15.9. The van der Waals surface area contributed by atoms with Gasteiger partial charge in [-0.3, -0.25) is 9.78 Å². The average Bonchev–Trinajstić information content (AvgIpc) is 3.57. The SMILES string of the molecule is CCCCn1ccc(-c2ccc(OCc3cccnc3)cc2OC(C)C)c(NC(=O)Nc2cc(Cn3ccnc3)ccc2C(C)(C)C)c1=O. The van der Waals surface area contributed by atoms with Gasteiger partial charge in [0.2, 0.25) is 0 Å². The molecule has 3 heterocycles. The van der Waals surface area contributed by atoms with Gasteiger partial charge < -0.3 is 29.2 Å². The maximum absolute atomic E-state index is 14.0. The molecule has 49 heavy (non-hydrogen) atoms. The van der Waals surface area contributed by atoms with Gasteiger partial charge in [0.15, 0.2) is 0 Å².